The standard InChI is InChI=1S/C20H23N5OS3/c1-2-10-25-17(13-28-20-21-15-8-4-5-9-16(15)29-20)22-23-19(25)27-14-18(26)24-11-6-3-7-12-24/h2,4-5,8-9H,1,3,6-7,10-14H2. The van der Waals surface area contributed by atoms with E-state index in [9.17, 15) is 4.79 Å². The number of fused-ring (bicyclic) bond motifs is 1. The number of likely N-dealkylation sites (tertiary alicyclic amines) is 1. The zero-order valence-corrected chi connectivity index (χ0v) is 18.6. The Hall–Kier alpha value is -1.84. The lowest BCUT2D eigenvalue weighted by molar-refractivity contribution is -0.129. The molecule has 1 aliphatic rings. The molecule has 3 heterocycles. The summed E-state index contributed by atoms with van der Waals surface area (Å²) in [5.74, 6) is 2.15. The molecule has 152 valence electrons. The molecule has 1 amide bonds. The van der Waals surface area contributed by atoms with Crippen molar-refractivity contribution in [2.24, 2.45) is 0 Å². The molecule has 0 bridgehead atoms. The summed E-state index contributed by atoms with van der Waals surface area (Å²) in [7, 11) is 0. The summed E-state index contributed by atoms with van der Waals surface area (Å²) in [4.78, 5) is 19.1. The molecule has 4 rings (SSSR count). The highest BCUT2D eigenvalue weighted by Crippen LogP contribution is 2.31. The van der Waals surface area contributed by atoms with Gasteiger partial charge in [0.15, 0.2) is 9.50 Å². The first kappa shape index (κ1) is 20.4. The Morgan fingerprint density at radius 2 is 2.00 bits per heavy atom. The van der Waals surface area contributed by atoms with Gasteiger partial charge < -0.3 is 9.47 Å². The predicted molar refractivity (Wildman–Crippen MR) is 121 cm³/mol. The first-order chi connectivity index (χ1) is 14.2. The molecule has 1 fully saturated rings. The first-order valence-corrected chi connectivity index (χ1v) is 12.5. The van der Waals surface area contributed by atoms with Gasteiger partial charge >= 0.3 is 0 Å². The number of para-hydroxylation sites is 1. The molecule has 0 saturated carbocycles. The lowest BCUT2D eigenvalue weighted by Gasteiger charge is -2.26. The largest absolute Gasteiger partial charge is 0.342 e. The van der Waals surface area contributed by atoms with Crippen LogP contribution in [0, 0.1) is 0 Å². The van der Waals surface area contributed by atoms with Gasteiger partial charge in [-0.2, -0.15) is 0 Å². The number of amides is 1. The highest BCUT2D eigenvalue weighted by atomic mass is 32.2. The van der Waals surface area contributed by atoms with Gasteiger partial charge in [0.05, 0.1) is 21.7 Å². The Balaban J connectivity index is 1.40. The minimum atomic E-state index is 0.188. The molecule has 0 aliphatic carbocycles. The van der Waals surface area contributed by atoms with E-state index in [0.717, 1.165) is 46.8 Å². The minimum absolute atomic E-state index is 0.188. The molecule has 1 saturated heterocycles. The van der Waals surface area contributed by atoms with Crippen LogP contribution in [0.15, 0.2) is 46.4 Å². The number of rotatable bonds is 8. The third-order valence-corrected chi connectivity index (χ3v) is 7.86. The van der Waals surface area contributed by atoms with Crippen molar-refractivity contribution in [2.75, 3.05) is 18.8 Å². The Kier molecular flexibility index (Phi) is 6.89. The lowest BCUT2D eigenvalue weighted by atomic mass is 10.1. The molecule has 6 nitrogen and oxygen atoms in total. The van der Waals surface area contributed by atoms with E-state index in [1.54, 1.807) is 23.1 Å². The number of thiazole rings is 1. The van der Waals surface area contributed by atoms with Gasteiger partial charge in [-0.25, -0.2) is 4.98 Å². The second-order valence-electron chi connectivity index (χ2n) is 6.76. The van der Waals surface area contributed by atoms with Crippen LogP contribution in [0.1, 0.15) is 25.1 Å². The van der Waals surface area contributed by atoms with E-state index in [0.29, 0.717) is 18.1 Å². The van der Waals surface area contributed by atoms with E-state index >= 15 is 0 Å². The van der Waals surface area contributed by atoms with Crippen molar-refractivity contribution < 1.29 is 4.79 Å². The summed E-state index contributed by atoms with van der Waals surface area (Å²) >= 11 is 4.82. The predicted octanol–water partition coefficient (Wildman–Crippen LogP) is 4.47. The molecular formula is C20H23N5OS3. The van der Waals surface area contributed by atoms with Gasteiger partial charge in [0, 0.05) is 19.6 Å². The molecule has 0 N–H and O–H groups in total. The van der Waals surface area contributed by atoms with E-state index < -0.39 is 0 Å². The third-order valence-electron chi connectivity index (χ3n) is 4.74. The maximum atomic E-state index is 12.5. The minimum Gasteiger partial charge on any atom is -0.342 e. The molecule has 0 atom stereocenters. The Bertz CT molecular complexity index is 960. The number of aromatic nitrogens is 4. The van der Waals surface area contributed by atoms with E-state index in [4.69, 9.17) is 0 Å². The summed E-state index contributed by atoms with van der Waals surface area (Å²) in [5, 5.41) is 9.48. The van der Waals surface area contributed by atoms with Crippen molar-refractivity contribution >= 4 is 51.0 Å². The SMILES string of the molecule is C=CCn1c(CSc2nc3ccccc3s2)nnc1SCC(=O)N1CCCCC1. The van der Waals surface area contributed by atoms with E-state index in [1.165, 1.54) is 22.9 Å². The van der Waals surface area contributed by atoms with Crippen LogP contribution < -0.4 is 0 Å². The Labute approximate surface area is 182 Å². The number of allylic oxidation sites excluding steroid dienone is 1. The van der Waals surface area contributed by atoms with Crippen molar-refractivity contribution in [3.8, 4) is 0 Å². The zero-order chi connectivity index (χ0) is 20.1. The van der Waals surface area contributed by atoms with Gasteiger partial charge in [0.1, 0.15) is 5.82 Å². The summed E-state index contributed by atoms with van der Waals surface area (Å²) in [6.45, 7) is 6.24. The molecule has 0 spiro atoms. The van der Waals surface area contributed by atoms with Gasteiger partial charge in [0.25, 0.3) is 0 Å². The van der Waals surface area contributed by atoms with Crippen LogP contribution in [0.2, 0.25) is 0 Å². The van der Waals surface area contributed by atoms with Crippen molar-refractivity contribution in [2.45, 2.75) is 41.1 Å². The maximum absolute atomic E-state index is 12.5. The molecule has 29 heavy (non-hydrogen) atoms. The molecular weight excluding hydrogens is 422 g/mol. The smallest absolute Gasteiger partial charge is 0.233 e. The van der Waals surface area contributed by atoms with E-state index in [1.807, 2.05) is 33.7 Å². The van der Waals surface area contributed by atoms with Crippen LogP contribution in [0.4, 0.5) is 0 Å². The number of carbonyl (C=O) groups is 1. The molecule has 1 aliphatic heterocycles. The van der Waals surface area contributed by atoms with Gasteiger partial charge in [-0.1, -0.05) is 41.7 Å². The van der Waals surface area contributed by atoms with Crippen molar-refractivity contribution in [3.63, 3.8) is 0 Å². The van der Waals surface area contributed by atoms with Crippen LogP contribution in [0.3, 0.4) is 0 Å². The lowest BCUT2D eigenvalue weighted by Crippen LogP contribution is -2.36. The maximum Gasteiger partial charge on any atom is 0.233 e. The number of nitrogens with zero attached hydrogens (tertiary/aromatic N) is 5. The number of carbonyl (C=O) groups excluding carboxylic acids is 1. The number of hydrogen-bond acceptors (Lipinski definition) is 7. The monoisotopic (exact) mass is 445 g/mol. The summed E-state index contributed by atoms with van der Waals surface area (Å²) in [6.07, 6.45) is 5.28. The van der Waals surface area contributed by atoms with Crippen molar-refractivity contribution in [1.82, 2.24) is 24.6 Å². The first-order valence-electron chi connectivity index (χ1n) is 9.66. The number of hydrogen-bond donors (Lipinski definition) is 0. The highest BCUT2D eigenvalue weighted by Gasteiger charge is 2.19. The number of piperidine rings is 1. The van der Waals surface area contributed by atoms with Crippen LogP contribution >= 0.6 is 34.9 Å². The van der Waals surface area contributed by atoms with Crippen LogP contribution in [0.5, 0.6) is 0 Å². The van der Waals surface area contributed by atoms with Gasteiger partial charge in [0.2, 0.25) is 5.91 Å². The molecule has 0 unspecified atom stereocenters. The average molecular weight is 446 g/mol. The third kappa shape index (κ3) is 5.02. The number of thioether (sulfide) groups is 2. The van der Waals surface area contributed by atoms with Gasteiger partial charge in [-0.15, -0.1) is 28.1 Å². The van der Waals surface area contributed by atoms with Gasteiger partial charge in [-0.3, -0.25) is 4.79 Å². The molecule has 2 aromatic heterocycles. The Morgan fingerprint density at radius 3 is 2.79 bits per heavy atom. The van der Waals surface area contributed by atoms with Crippen LogP contribution in [-0.2, 0) is 17.1 Å². The average Bonchev–Trinajstić information content (AvgIpc) is 3.35. The molecule has 9 heteroatoms. The second-order valence-corrected chi connectivity index (χ2v) is 9.96. The fraction of sp³-hybridized carbons (Fsp3) is 0.400. The van der Waals surface area contributed by atoms with Crippen LogP contribution in [0.25, 0.3) is 10.2 Å². The summed E-state index contributed by atoms with van der Waals surface area (Å²) in [6, 6.07) is 8.16. The van der Waals surface area contributed by atoms with Crippen molar-refractivity contribution in [3.05, 3.63) is 42.7 Å². The fourth-order valence-corrected chi connectivity index (χ4v) is 6.12. The second kappa shape index (κ2) is 9.77. The van der Waals surface area contributed by atoms with E-state index in [2.05, 4.69) is 27.8 Å². The normalized spacial score (nSPS) is 14.4. The van der Waals surface area contributed by atoms with E-state index in [-0.39, 0.29) is 5.91 Å². The molecule has 3 aromatic rings. The topological polar surface area (TPSA) is 63.9 Å². The fourth-order valence-electron chi connectivity index (χ4n) is 3.24. The van der Waals surface area contributed by atoms with Gasteiger partial charge in [-0.05, 0) is 31.4 Å². The Morgan fingerprint density at radius 1 is 1.17 bits per heavy atom. The number of benzene rings is 1. The molecule has 0 radical (unpaired) electrons. The summed E-state index contributed by atoms with van der Waals surface area (Å²) in [5.41, 5.74) is 1.03. The van der Waals surface area contributed by atoms with Crippen molar-refractivity contribution in [1.29, 1.82) is 0 Å². The quantitative estimate of drug-likeness (QED) is 0.376. The highest BCUT2D eigenvalue weighted by molar-refractivity contribution is 8.00. The summed E-state index contributed by atoms with van der Waals surface area (Å²) < 4.78 is 4.26. The zero-order valence-electron chi connectivity index (χ0n) is 16.1. The van der Waals surface area contributed by atoms with Crippen LogP contribution in [-0.4, -0.2) is 49.4 Å². The molecule has 1 aromatic carbocycles.